The zero-order valence-corrected chi connectivity index (χ0v) is 11.8. The predicted molar refractivity (Wildman–Crippen MR) is 73.2 cm³/mol. The molecule has 0 saturated heterocycles. The highest BCUT2D eigenvalue weighted by atomic mass is 35.5. The van der Waals surface area contributed by atoms with Crippen molar-refractivity contribution >= 4 is 29.1 Å². The van der Waals surface area contributed by atoms with Crippen LogP contribution in [0.4, 0.5) is 0 Å². The van der Waals surface area contributed by atoms with E-state index in [1.54, 1.807) is 4.90 Å². The van der Waals surface area contributed by atoms with Crippen LogP contribution in [0, 0.1) is 11.3 Å². The Morgan fingerprint density at radius 2 is 2.16 bits per heavy atom. The fraction of sp³-hybridized carbons (Fsp3) is 0.462. The van der Waals surface area contributed by atoms with Crippen LogP contribution < -0.4 is 0 Å². The summed E-state index contributed by atoms with van der Waals surface area (Å²) in [6.45, 7) is 0.0692. The fourth-order valence-electron chi connectivity index (χ4n) is 2.39. The third-order valence-electron chi connectivity index (χ3n) is 3.32. The van der Waals surface area contributed by atoms with Crippen molar-refractivity contribution in [1.29, 1.82) is 5.26 Å². The molecule has 1 aromatic rings. The maximum Gasteiger partial charge on any atom is 0.256 e. The van der Waals surface area contributed by atoms with Gasteiger partial charge in [-0.05, 0) is 18.9 Å². The third kappa shape index (κ3) is 3.17. The summed E-state index contributed by atoms with van der Waals surface area (Å²) in [4.78, 5) is 17.9. The monoisotopic (exact) mass is 297 g/mol. The van der Waals surface area contributed by atoms with Crippen molar-refractivity contribution in [3.8, 4) is 6.07 Å². The van der Waals surface area contributed by atoms with Crippen LogP contribution in [-0.2, 0) is 0 Å². The molecule has 0 N–H and O–H groups in total. The van der Waals surface area contributed by atoms with E-state index >= 15 is 0 Å². The van der Waals surface area contributed by atoms with Gasteiger partial charge in [-0.1, -0.05) is 36.0 Å². The van der Waals surface area contributed by atoms with Gasteiger partial charge in [0.15, 0.2) is 0 Å². The van der Waals surface area contributed by atoms with Gasteiger partial charge >= 0.3 is 0 Å². The molecule has 4 nitrogen and oxygen atoms in total. The summed E-state index contributed by atoms with van der Waals surface area (Å²) in [6.07, 6.45) is 5.40. The highest BCUT2D eigenvalue weighted by Crippen LogP contribution is 2.27. The second-order valence-electron chi connectivity index (χ2n) is 4.52. The minimum atomic E-state index is -0.247. The Hall–Kier alpha value is -1.31. The Morgan fingerprint density at radius 3 is 2.79 bits per heavy atom. The molecule has 1 aliphatic rings. The van der Waals surface area contributed by atoms with Crippen LogP contribution in [0.15, 0.2) is 12.3 Å². The Labute approximate surface area is 121 Å². The van der Waals surface area contributed by atoms with Crippen LogP contribution in [0.25, 0.3) is 0 Å². The standard InChI is InChI=1S/C13H13Cl2N3O/c14-11-8-17-12(15)7-10(11)13(19)18(6-5-16)9-3-1-2-4-9/h7-9H,1-4,6H2. The van der Waals surface area contributed by atoms with Crippen molar-refractivity contribution in [2.24, 2.45) is 0 Å². The van der Waals surface area contributed by atoms with Crippen molar-refractivity contribution in [1.82, 2.24) is 9.88 Å². The van der Waals surface area contributed by atoms with E-state index in [2.05, 4.69) is 4.98 Å². The summed E-state index contributed by atoms with van der Waals surface area (Å²) in [5.74, 6) is -0.247. The first-order valence-corrected chi connectivity index (χ1v) is 6.88. The van der Waals surface area contributed by atoms with Crippen LogP contribution in [0.3, 0.4) is 0 Å². The molecule has 0 bridgehead atoms. The maximum atomic E-state index is 12.5. The molecule has 0 aromatic carbocycles. The molecule has 0 atom stereocenters. The molecule has 1 saturated carbocycles. The molecule has 1 amide bonds. The number of hydrogen-bond donors (Lipinski definition) is 0. The van der Waals surface area contributed by atoms with Gasteiger partial charge in [-0.25, -0.2) is 4.98 Å². The van der Waals surface area contributed by atoms with Gasteiger partial charge < -0.3 is 4.90 Å². The van der Waals surface area contributed by atoms with Gasteiger partial charge in [0.2, 0.25) is 0 Å². The minimum absolute atomic E-state index is 0.0692. The molecule has 1 fully saturated rings. The normalized spacial score (nSPS) is 15.2. The number of hydrogen-bond acceptors (Lipinski definition) is 3. The maximum absolute atomic E-state index is 12.5. The molecule has 1 heterocycles. The third-order valence-corrected chi connectivity index (χ3v) is 3.83. The summed E-state index contributed by atoms with van der Waals surface area (Å²) >= 11 is 11.8. The number of amides is 1. The molecule has 100 valence electrons. The summed E-state index contributed by atoms with van der Waals surface area (Å²) < 4.78 is 0. The Bertz CT molecular complexity index is 521. The number of carbonyl (C=O) groups is 1. The largest absolute Gasteiger partial charge is 0.322 e. The molecule has 1 aliphatic carbocycles. The van der Waals surface area contributed by atoms with Crippen molar-refractivity contribution in [3.05, 3.63) is 28.0 Å². The number of nitriles is 1. The highest BCUT2D eigenvalue weighted by molar-refractivity contribution is 6.35. The van der Waals surface area contributed by atoms with Gasteiger partial charge in [-0.3, -0.25) is 4.79 Å². The second-order valence-corrected chi connectivity index (χ2v) is 5.31. The lowest BCUT2D eigenvalue weighted by Gasteiger charge is -2.26. The first kappa shape index (κ1) is 14.1. The van der Waals surface area contributed by atoms with Crippen LogP contribution in [0.5, 0.6) is 0 Å². The number of rotatable bonds is 3. The molecule has 19 heavy (non-hydrogen) atoms. The van der Waals surface area contributed by atoms with E-state index in [0.29, 0.717) is 5.56 Å². The average molecular weight is 298 g/mol. The minimum Gasteiger partial charge on any atom is -0.322 e. The molecular weight excluding hydrogens is 285 g/mol. The van der Waals surface area contributed by atoms with E-state index < -0.39 is 0 Å². The molecule has 0 spiro atoms. The molecule has 0 radical (unpaired) electrons. The van der Waals surface area contributed by atoms with Gasteiger partial charge in [0.25, 0.3) is 5.91 Å². The van der Waals surface area contributed by atoms with Crippen LogP contribution in [0.1, 0.15) is 36.0 Å². The molecule has 0 aliphatic heterocycles. The van der Waals surface area contributed by atoms with E-state index in [9.17, 15) is 4.79 Å². The topological polar surface area (TPSA) is 57.0 Å². The Morgan fingerprint density at radius 1 is 1.47 bits per heavy atom. The first-order chi connectivity index (χ1) is 9.13. The van der Waals surface area contributed by atoms with Crippen LogP contribution in [-0.4, -0.2) is 28.4 Å². The van der Waals surface area contributed by atoms with E-state index in [1.165, 1.54) is 12.3 Å². The summed E-state index contributed by atoms with van der Waals surface area (Å²) in [6, 6.07) is 3.61. The predicted octanol–water partition coefficient (Wildman–Crippen LogP) is 3.30. The lowest BCUT2D eigenvalue weighted by Crippen LogP contribution is -2.39. The average Bonchev–Trinajstić information content (AvgIpc) is 2.92. The van der Waals surface area contributed by atoms with Crippen LogP contribution >= 0.6 is 23.2 Å². The van der Waals surface area contributed by atoms with Gasteiger partial charge in [-0.15, -0.1) is 0 Å². The number of pyridine rings is 1. The van der Waals surface area contributed by atoms with Crippen molar-refractivity contribution in [3.63, 3.8) is 0 Å². The van der Waals surface area contributed by atoms with Gasteiger partial charge in [0, 0.05) is 12.2 Å². The second kappa shape index (κ2) is 6.23. The smallest absolute Gasteiger partial charge is 0.256 e. The van der Waals surface area contributed by atoms with Gasteiger partial charge in [0.05, 0.1) is 16.7 Å². The molecular formula is C13H13Cl2N3O. The quantitative estimate of drug-likeness (QED) is 0.635. The van der Waals surface area contributed by atoms with Gasteiger partial charge in [-0.2, -0.15) is 5.26 Å². The van der Waals surface area contributed by atoms with E-state index in [1.807, 2.05) is 6.07 Å². The number of aromatic nitrogens is 1. The first-order valence-electron chi connectivity index (χ1n) is 6.12. The highest BCUT2D eigenvalue weighted by Gasteiger charge is 2.28. The zero-order chi connectivity index (χ0) is 13.8. The lowest BCUT2D eigenvalue weighted by atomic mass is 10.1. The molecule has 0 unspecified atom stereocenters. The van der Waals surface area contributed by atoms with Crippen molar-refractivity contribution < 1.29 is 4.79 Å². The van der Waals surface area contributed by atoms with Crippen molar-refractivity contribution in [2.75, 3.05) is 6.54 Å². The number of halogens is 2. The van der Waals surface area contributed by atoms with E-state index in [-0.39, 0.29) is 28.7 Å². The molecule has 6 heteroatoms. The Balaban J connectivity index is 2.28. The number of carbonyl (C=O) groups excluding carboxylic acids is 1. The lowest BCUT2D eigenvalue weighted by molar-refractivity contribution is 0.0709. The van der Waals surface area contributed by atoms with E-state index in [4.69, 9.17) is 28.5 Å². The number of nitrogens with zero attached hydrogens (tertiary/aromatic N) is 3. The summed E-state index contributed by atoms with van der Waals surface area (Å²) in [5, 5.41) is 9.38. The van der Waals surface area contributed by atoms with E-state index in [0.717, 1.165) is 25.7 Å². The Kier molecular flexibility index (Phi) is 4.62. The summed E-state index contributed by atoms with van der Waals surface area (Å²) in [5.41, 5.74) is 0.309. The molecule has 2 rings (SSSR count). The molecule has 1 aromatic heterocycles. The van der Waals surface area contributed by atoms with Gasteiger partial charge in [0.1, 0.15) is 11.7 Å². The van der Waals surface area contributed by atoms with Crippen LogP contribution in [0.2, 0.25) is 10.2 Å². The SMILES string of the molecule is N#CCN(C(=O)c1cc(Cl)ncc1Cl)C1CCCC1. The zero-order valence-electron chi connectivity index (χ0n) is 10.3. The fourth-order valence-corrected chi connectivity index (χ4v) is 2.73. The summed E-state index contributed by atoms with van der Waals surface area (Å²) in [7, 11) is 0. The van der Waals surface area contributed by atoms with Crippen molar-refractivity contribution in [2.45, 2.75) is 31.7 Å².